The van der Waals surface area contributed by atoms with Crippen molar-refractivity contribution in [3.05, 3.63) is 39.8 Å². The fraction of sp³-hybridized carbons (Fsp3) is 0.333. The molecule has 2 amide bonds. The average molecular weight is 326 g/mol. The molecule has 0 saturated carbocycles. The first-order valence-corrected chi connectivity index (χ1v) is 7.94. The van der Waals surface area contributed by atoms with Crippen molar-refractivity contribution in [3.63, 3.8) is 0 Å². The number of hydrogen-bond acceptors (Lipinski definition) is 4. The fourth-order valence-corrected chi connectivity index (χ4v) is 3.09. The van der Waals surface area contributed by atoms with Gasteiger partial charge in [0.25, 0.3) is 11.8 Å². The number of amides is 2. The number of rotatable bonds is 6. The molecule has 0 aliphatic carbocycles. The number of benzene rings is 1. The highest BCUT2D eigenvalue weighted by atomic mass is 35.5. The lowest BCUT2D eigenvalue weighted by Gasteiger charge is -2.14. The molecule has 0 atom stereocenters. The molecule has 0 bridgehead atoms. The minimum atomic E-state index is -0.268. The van der Waals surface area contributed by atoms with Crippen LogP contribution in [0.5, 0.6) is 0 Å². The van der Waals surface area contributed by atoms with E-state index in [4.69, 9.17) is 16.3 Å². The molecule has 0 radical (unpaired) electrons. The van der Waals surface area contributed by atoms with E-state index in [0.717, 1.165) is 5.75 Å². The second-order valence-electron chi connectivity index (χ2n) is 4.40. The molecule has 0 N–H and O–H groups in total. The van der Waals surface area contributed by atoms with Gasteiger partial charge in [0.2, 0.25) is 0 Å². The summed E-state index contributed by atoms with van der Waals surface area (Å²) in [5.41, 5.74) is 1.17. The molecule has 0 spiro atoms. The maximum atomic E-state index is 12.5. The summed E-state index contributed by atoms with van der Waals surface area (Å²) in [6.45, 7) is 2.54. The van der Waals surface area contributed by atoms with Gasteiger partial charge in [0.1, 0.15) is 0 Å². The Balaban J connectivity index is 2.40. The first-order chi connectivity index (χ1) is 10.1. The number of hydrogen-bond donors (Lipinski definition) is 0. The van der Waals surface area contributed by atoms with Gasteiger partial charge in [-0.2, -0.15) is 0 Å². The monoisotopic (exact) mass is 325 g/mol. The number of thioether (sulfide) groups is 1. The van der Waals surface area contributed by atoms with Crippen molar-refractivity contribution in [2.75, 3.05) is 26.0 Å². The molecule has 0 aromatic heterocycles. The summed E-state index contributed by atoms with van der Waals surface area (Å²) in [7, 11) is 1.54. The van der Waals surface area contributed by atoms with E-state index >= 15 is 0 Å². The lowest BCUT2D eigenvalue weighted by molar-refractivity contribution is -0.137. The van der Waals surface area contributed by atoms with Gasteiger partial charge in [-0.05, 0) is 23.4 Å². The summed E-state index contributed by atoms with van der Waals surface area (Å²) in [5.74, 6) is 0.216. The van der Waals surface area contributed by atoms with Crippen LogP contribution in [-0.4, -0.2) is 42.7 Å². The molecule has 0 unspecified atom stereocenters. The van der Waals surface area contributed by atoms with Crippen LogP contribution in [-0.2, 0) is 14.3 Å². The standard InChI is InChI=1S/C15H16ClNO3S/c1-3-21-13-12(10-4-6-11(16)7-5-10)14(18)17(15(13)19)8-9-20-2/h4-7H,3,8-9H2,1-2H3. The predicted octanol–water partition coefficient (Wildman–Crippen LogP) is 2.82. The number of carbonyl (C=O) groups is 2. The Kier molecular flexibility index (Phi) is 5.45. The molecular formula is C15H16ClNO3S. The third-order valence-corrected chi connectivity index (χ3v) is 4.27. The van der Waals surface area contributed by atoms with Crippen molar-refractivity contribution in [2.24, 2.45) is 0 Å². The van der Waals surface area contributed by atoms with Crippen molar-refractivity contribution in [1.29, 1.82) is 0 Å². The lowest BCUT2D eigenvalue weighted by Crippen LogP contribution is -2.34. The highest BCUT2D eigenvalue weighted by Gasteiger charge is 2.38. The molecule has 1 aromatic carbocycles. The van der Waals surface area contributed by atoms with Crippen LogP contribution < -0.4 is 0 Å². The third kappa shape index (κ3) is 3.31. The van der Waals surface area contributed by atoms with E-state index in [1.807, 2.05) is 6.92 Å². The zero-order chi connectivity index (χ0) is 15.4. The molecule has 1 aliphatic heterocycles. The van der Waals surface area contributed by atoms with Crippen LogP contribution >= 0.6 is 23.4 Å². The van der Waals surface area contributed by atoms with Gasteiger partial charge in [0, 0.05) is 12.1 Å². The van der Waals surface area contributed by atoms with Crippen LogP contribution in [0.4, 0.5) is 0 Å². The molecule has 1 aliphatic rings. The molecule has 1 aromatic rings. The summed E-state index contributed by atoms with van der Waals surface area (Å²) in [4.78, 5) is 26.7. The zero-order valence-electron chi connectivity index (χ0n) is 11.9. The summed E-state index contributed by atoms with van der Waals surface area (Å²) < 4.78 is 4.96. The molecule has 2 rings (SSSR count). The van der Waals surface area contributed by atoms with Crippen LogP contribution in [0.25, 0.3) is 5.57 Å². The summed E-state index contributed by atoms with van der Waals surface area (Å²) in [6, 6.07) is 6.96. The third-order valence-electron chi connectivity index (χ3n) is 3.07. The van der Waals surface area contributed by atoms with Crippen LogP contribution in [0.3, 0.4) is 0 Å². The summed E-state index contributed by atoms with van der Waals surface area (Å²) >= 11 is 7.27. The average Bonchev–Trinajstić information content (AvgIpc) is 2.70. The van der Waals surface area contributed by atoms with Gasteiger partial charge in [-0.25, -0.2) is 0 Å². The van der Waals surface area contributed by atoms with E-state index in [-0.39, 0.29) is 18.4 Å². The van der Waals surface area contributed by atoms with Gasteiger partial charge in [-0.3, -0.25) is 14.5 Å². The predicted molar refractivity (Wildman–Crippen MR) is 85.1 cm³/mol. The number of halogens is 1. The molecule has 0 fully saturated rings. The lowest BCUT2D eigenvalue weighted by atomic mass is 10.1. The molecule has 21 heavy (non-hydrogen) atoms. The SMILES string of the molecule is CCSC1=C(c2ccc(Cl)cc2)C(=O)N(CCOC)C1=O. The van der Waals surface area contributed by atoms with Crippen LogP contribution in [0.2, 0.25) is 5.02 Å². The number of methoxy groups -OCH3 is 1. The smallest absolute Gasteiger partial charge is 0.268 e. The number of ether oxygens (including phenoxy) is 1. The molecule has 112 valence electrons. The minimum Gasteiger partial charge on any atom is -0.383 e. The van der Waals surface area contributed by atoms with Crippen molar-refractivity contribution in [3.8, 4) is 0 Å². The molecule has 1 heterocycles. The molecule has 0 saturated heterocycles. The second-order valence-corrected chi connectivity index (χ2v) is 6.11. The van der Waals surface area contributed by atoms with E-state index < -0.39 is 0 Å². The Labute approximate surface area is 133 Å². The first kappa shape index (κ1) is 16.1. The first-order valence-electron chi connectivity index (χ1n) is 6.58. The van der Waals surface area contributed by atoms with Gasteiger partial charge < -0.3 is 4.74 Å². The summed E-state index contributed by atoms with van der Waals surface area (Å²) in [6.07, 6.45) is 0. The number of imide groups is 1. The Morgan fingerprint density at radius 1 is 1.19 bits per heavy atom. The highest BCUT2D eigenvalue weighted by Crippen LogP contribution is 2.36. The van der Waals surface area contributed by atoms with Gasteiger partial charge in [0.15, 0.2) is 0 Å². The van der Waals surface area contributed by atoms with E-state index in [1.165, 1.54) is 16.7 Å². The summed E-state index contributed by atoms with van der Waals surface area (Å²) in [5, 5.41) is 0.594. The van der Waals surface area contributed by atoms with E-state index in [9.17, 15) is 9.59 Å². The fourth-order valence-electron chi connectivity index (χ4n) is 2.09. The van der Waals surface area contributed by atoms with E-state index in [1.54, 1.807) is 31.4 Å². The highest BCUT2D eigenvalue weighted by molar-refractivity contribution is 8.04. The zero-order valence-corrected chi connectivity index (χ0v) is 13.5. The van der Waals surface area contributed by atoms with Crippen molar-refractivity contribution >= 4 is 40.8 Å². The van der Waals surface area contributed by atoms with Crippen molar-refractivity contribution in [1.82, 2.24) is 4.90 Å². The van der Waals surface area contributed by atoms with Crippen molar-refractivity contribution < 1.29 is 14.3 Å². The number of nitrogens with zero attached hydrogens (tertiary/aromatic N) is 1. The minimum absolute atomic E-state index is 0.242. The maximum Gasteiger partial charge on any atom is 0.268 e. The quantitative estimate of drug-likeness (QED) is 0.755. The van der Waals surface area contributed by atoms with Crippen LogP contribution in [0, 0.1) is 0 Å². The van der Waals surface area contributed by atoms with Crippen molar-refractivity contribution in [2.45, 2.75) is 6.92 Å². The van der Waals surface area contributed by atoms with Gasteiger partial charge >= 0.3 is 0 Å². The molecule has 4 nitrogen and oxygen atoms in total. The largest absolute Gasteiger partial charge is 0.383 e. The van der Waals surface area contributed by atoms with Crippen LogP contribution in [0.1, 0.15) is 12.5 Å². The number of carbonyl (C=O) groups excluding carboxylic acids is 2. The van der Waals surface area contributed by atoms with E-state index in [2.05, 4.69) is 0 Å². The van der Waals surface area contributed by atoms with Crippen LogP contribution in [0.15, 0.2) is 29.2 Å². The Morgan fingerprint density at radius 2 is 1.86 bits per heavy atom. The van der Waals surface area contributed by atoms with E-state index in [0.29, 0.717) is 27.7 Å². The molecule has 6 heteroatoms. The van der Waals surface area contributed by atoms with Gasteiger partial charge in [-0.1, -0.05) is 30.7 Å². The Hall–Kier alpha value is -1.30. The Bertz CT molecular complexity index is 583. The normalized spacial score (nSPS) is 15.3. The molecular weight excluding hydrogens is 310 g/mol. The second kappa shape index (κ2) is 7.11. The van der Waals surface area contributed by atoms with Gasteiger partial charge in [-0.15, -0.1) is 11.8 Å². The topological polar surface area (TPSA) is 46.6 Å². The maximum absolute atomic E-state index is 12.5. The Morgan fingerprint density at radius 3 is 2.43 bits per heavy atom. The van der Waals surface area contributed by atoms with Gasteiger partial charge in [0.05, 0.1) is 23.6 Å².